The smallest absolute Gasteiger partial charge is 0.256 e. The number of carbonyl (C=O) groups is 1. The lowest BCUT2D eigenvalue weighted by atomic mass is 9.76. The van der Waals surface area contributed by atoms with E-state index in [0.717, 1.165) is 35.8 Å². The van der Waals surface area contributed by atoms with Crippen molar-refractivity contribution in [2.24, 2.45) is 18.9 Å². The van der Waals surface area contributed by atoms with Gasteiger partial charge in [-0.15, -0.1) is 0 Å². The number of carbonyl (C=O) groups excluding carboxylic acids is 1. The third kappa shape index (κ3) is 2.86. The van der Waals surface area contributed by atoms with Crippen molar-refractivity contribution in [2.45, 2.75) is 19.3 Å². The van der Waals surface area contributed by atoms with E-state index in [2.05, 4.69) is 10.1 Å². The van der Waals surface area contributed by atoms with Gasteiger partial charge in [0.25, 0.3) is 5.91 Å². The number of rotatable bonds is 3. The van der Waals surface area contributed by atoms with E-state index in [1.807, 2.05) is 24.3 Å². The van der Waals surface area contributed by atoms with Crippen molar-refractivity contribution in [2.75, 3.05) is 26.3 Å². The van der Waals surface area contributed by atoms with Gasteiger partial charge < -0.3 is 14.6 Å². The van der Waals surface area contributed by atoms with Gasteiger partial charge in [0.05, 0.1) is 25.0 Å². The molecule has 1 saturated carbocycles. The zero-order chi connectivity index (χ0) is 16.5. The van der Waals surface area contributed by atoms with Crippen LogP contribution >= 0.6 is 0 Å². The van der Waals surface area contributed by atoms with E-state index >= 15 is 0 Å². The molecule has 1 unspecified atom stereocenters. The third-order valence-electron chi connectivity index (χ3n) is 5.39. The molecular weight excluding hydrogens is 304 g/mol. The normalized spacial score (nSPS) is 22.2. The number of aromatic nitrogens is 3. The Balaban J connectivity index is 1.55. The van der Waals surface area contributed by atoms with Crippen LogP contribution in [0.1, 0.15) is 29.6 Å². The van der Waals surface area contributed by atoms with Crippen LogP contribution in [0.4, 0.5) is 0 Å². The molecule has 2 fully saturated rings. The molecule has 4 rings (SSSR count). The van der Waals surface area contributed by atoms with Gasteiger partial charge in [-0.3, -0.25) is 9.48 Å². The summed E-state index contributed by atoms with van der Waals surface area (Å²) in [5.41, 5.74) is 2.60. The molecule has 3 heterocycles. The average molecular weight is 328 g/mol. The van der Waals surface area contributed by atoms with Gasteiger partial charge in [0, 0.05) is 55.8 Å². The molecule has 1 amide bonds. The minimum atomic E-state index is 0.0879. The van der Waals surface area contributed by atoms with Gasteiger partial charge in [-0.05, 0) is 5.92 Å². The molecule has 2 aliphatic rings. The van der Waals surface area contributed by atoms with Gasteiger partial charge in [-0.1, -0.05) is 19.3 Å². The largest absolute Gasteiger partial charge is 0.379 e. The van der Waals surface area contributed by atoms with Gasteiger partial charge in [0.2, 0.25) is 0 Å². The van der Waals surface area contributed by atoms with Gasteiger partial charge >= 0.3 is 0 Å². The van der Waals surface area contributed by atoms with Crippen molar-refractivity contribution < 1.29 is 9.53 Å². The Bertz CT molecular complexity index is 716. The first kappa shape index (κ1) is 15.4. The Hall–Kier alpha value is -2.08. The zero-order valence-corrected chi connectivity index (χ0v) is 14.1. The first-order valence-electron chi connectivity index (χ1n) is 8.75. The zero-order valence-electron chi connectivity index (χ0n) is 14.1. The molecule has 0 bridgehead atoms. The number of nitrogens with one attached hydrogen (secondary N) is 1. The highest BCUT2D eigenvalue weighted by Gasteiger charge is 2.32. The van der Waals surface area contributed by atoms with E-state index in [-0.39, 0.29) is 5.91 Å². The second-order valence-corrected chi connectivity index (χ2v) is 6.96. The maximum atomic E-state index is 13.1. The van der Waals surface area contributed by atoms with Crippen LogP contribution in [0.2, 0.25) is 0 Å². The summed E-state index contributed by atoms with van der Waals surface area (Å²) < 4.78 is 7.52. The molecule has 1 aliphatic carbocycles. The Labute approximate surface area is 141 Å². The summed E-state index contributed by atoms with van der Waals surface area (Å²) in [4.78, 5) is 18.2. The van der Waals surface area contributed by atoms with Gasteiger partial charge in [-0.2, -0.15) is 5.10 Å². The molecule has 2 aromatic rings. The molecule has 0 aromatic carbocycles. The highest BCUT2D eigenvalue weighted by molar-refractivity contribution is 6.00. The molecule has 1 N–H and O–H groups in total. The van der Waals surface area contributed by atoms with Crippen LogP contribution in [0.3, 0.4) is 0 Å². The topological polar surface area (TPSA) is 63.2 Å². The molecule has 2 aromatic heterocycles. The van der Waals surface area contributed by atoms with E-state index in [1.165, 1.54) is 19.3 Å². The lowest BCUT2D eigenvalue weighted by molar-refractivity contribution is 0.0688. The predicted molar refractivity (Wildman–Crippen MR) is 90.5 cm³/mol. The monoisotopic (exact) mass is 328 g/mol. The minimum absolute atomic E-state index is 0.0879. The highest BCUT2D eigenvalue weighted by atomic mass is 16.5. The number of ether oxygens (including phenoxy) is 1. The van der Waals surface area contributed by atoms with Crippen LogP contribution < -0.4 is 0 Å². The second-order valence-electron chi connectivity index (χ2n) is 6.96. The van der Waals surface area contributed by atoms with Crippen LogP contribution in [0.25, 0.3) is 11.1 Å². The SMILES string of the molecule is Cn1cc(-c2c[nH]cc2C(=O)N2CCOCC(C3CCC3)C2)cn1. The predicted octanol–water partition coefficient (Wildman–Crippen LogP) is 2.30. The van der Waals surface area contributed by atoms with Gasteiger partial charge in [0.15, 0.2) is 0 Å². The summed E-state index contributed by atoms with van der Waals surface area (Å²) in [5.74, 6) is 1.29. The van der Waals surface area contributed by atoms with Crippen LogP contribution in [-0.4, -0.2) is 51.9 Å². The van der Waals surface area contributed by atoms with Crippen molar-refractivity contribution in [3.05, 3.63) is 30.4 Å². The number of nitrogens with zero attached hydrogens (tertiary/aromatic N) is 3. The number of aryl methyl sites for hydroxylation is 1. The summed E-state index contributed by atoms with van der Waals surface area (Å²) >= 11 is 0. The fraction of sp³-hybridized carbons (Fsp3) is 0.556. The molecule has 1 saturated heterocycles. The van der Waals surface area contributed by atoms with Gasteiger partial charge in [-0.25, -0.2) is 0 Å². The van der Waals surface area contributed by atoms with E-state index in [9.17, 15) is 4.79 Å². The fourth-order valence-electron chi connectivity index (χ4n) is 3.73. The maximum absolute atomic E-state index is 13.1. The van der Waals surface area contributed by atoms with E-state index < -0.39 is 0 Å². The Morgan fingerprint density at radius 3 is 2.92 bits per heavy atom. The van der Waals surface area contributed by atoms with Crippen molar-refractivity contribution in [3.8, 4) is 11.1 Å². The fourth-order valence-corrected chi connectivity index (χ4v) is 3.73. The summed E-state index contributed by atoms with van der Waals surface area (Å²) in [7, 11) is 1.88. The van der Waals surface area contributed by atoms with Crippen molar-refractivity contribution >= 4 is 5.91 Å². The first-order valence-corrected chi connectivity index (χ1v) is 8.75. The number of H-pyrrole nitrogens is 1. The quantitative estimate of drug-likeness (QED) is 0.940. The van der Waals surface area contributed by atoms with Gasteiger partial charge in [0.1, 0.15) is 0 Å². The standard InChI is InChI=1S/C18H24N4O2/c1-21-10-14(7-20-21)16-8-19-9-17(16)18(23)22-5-6-24-12-15(11-22)13-3-2-4-13/h7-10,13,15,19H,2-6,11-12H2,1H3. The number of hydrogen-bond donors (Lipinski definition) is 1. The number of amides is 1. The summed E-state index contributed by atoms with van der Waals surface area (Å²) in [6.07, 6.45) is 11.3. The number of hydrogen-bond acceptors (Lipinski definition) is 3. The molecule has 6 heteroatoms. The Morgan fingerprint density at radius 2 is 2.21 bits per heavy atom. The number of aromatic amines is 1. The van der Waals surface area contributed by atoms with Crippen LogP contribution in [0.5, 0.6) is 0 Å². The molecule has 6 nitrogen and oxygen atoms in total. The molecule has 0 radical (unpaired) electrons. The average Bonchev–Trinajstić information content (AvgIpc) is 3.09. The summed E-state index contributed by atoms with van der Waals surface area (Å²) in [6, 6.07) is 0. The van der Waals surface area contributed by atoms with E-state index in [1.54, 1.807) is 17.1 Å². The molecular formula is C18H24N4O2. The van der Waals surface area contributed by atoms with Crippen LogP contribution in [-0.2, 0) is 11.8 Å². The Morgan fingerprint density at radius 1 is 1.33 bits per heavy atom. The van der Waals surface area contributed by atoms with E-state index in [4.69, 9.17) is 4.74 Å². The van der Waals surface area contributed by atoms with Crippen molar-refractivity contribution in [1.82, 2.24) is 19.7 Å². The minimum Gasteiger partial charge on any atom is -0.379 e. The maximum Gasteiger partial charge on any atom is 0.256 e. The highest BCUT2D eigenvalue weighted by Crippen LogP contribution is 2.35. The first-order chi connectivity index (χ1) is 11.7. The lowest BCUT2D eigenvalue weighted by Crippen LogP contribution is -2.39. The molecule has 128 valence electrons. The van der Waals surface area contributed by atoms with Crippen molar-refractivity contribution in [1.29, 1.82) is 0 Å². The summed E-state index contributed by atoms with van der Waals surface area (Å²) in [5, 5.41) is 4.21. The summed E-state index contributed by atoms with van der Waals surface area (Å²) in [6.45, 7) is 2.89. The molecule has 24 heavy (non-hydrogen) atoms. The third-order valence-corrected chi connectivity index (χ3v) is 5.39. The molecule has 0 spiro atoms. The lowest BCUT2D eigenvalue weighted by Gasteiger charge is -2.34. The van der Waals surface area contributed by atoms with Crippen LogP contribution in [0, 0.1) is 11.8 Å². The Kier molecular flexibility index (Phi) is 4.14. The van der Waals surface area contributed by atoms with Crippen LogP contribution in [0.15, 0.2) is 24.8 Å². The van der Waals surface area contributed by atoms with E-state index in [0.29, 0.717) is 19.1 Å². The molecule has 1 aliphatic heterocycles. The second kappa shape index (κ2) is 6.43. The molecule has 1 atom stereocenters. The van der Waals surface area contributed by atoms with Crippen molar-refractivity contribution in [3.63, 3.8) is 0 Å².